The summed E-state index contributed by atoms with van der Waals surface area (Å²) < 4.78 is 4.69. The lowest BCUT2D eigenvalue weighted by atomic mass is 9.84. The second kappa shape index (κ2) is 6.32. The molecule has 0 aliphatic carbocycles. The molecule has 0 rings (SSSR count). The van der Waals surface area contributed by atoms with Gasteiger partial charge in [0.1, 0.15) is 6.73 Å². The lowest BCUT2D eigenvalue weighted by Gasteiger charge is -2.29. The minimum Gasteiger partial charge on any atom is -0.465 e. The van der Waals surface area contributed by atoms with Gasteiger partial charge in [0.15, 0.2) is 0 Å². The number of ether oxygens (including phenoxy) is 1. The molecular formula is C10H20N2O4. The first-order chi connectivity index (χ1) is 7.27. The number of hydrogen-bond donors (Lipinski definition) is 3. The van der Waals surface area contributed by atoms with Crippen LogP contribution in [0.5, 0.6) is 0 Å². The zero-order valence-corrected chi connectivity index (χ0v) is 10.2. The Morgan fingerprint density at radius 3 is 2.31 bits per heavy atom. The number of nitrogens with one attached hydrogen (secondary N) is 2. The van der Waals surface area contributed by atoms with Gasteiger partial charge in [0.25, 0.3) is 0 Å². The van der Waals surface area contributed by atoms with Crippen molar-refractivity contribution in [2.24, 2.45) is 5.41 Å². The molecule has 0 aromatic heterocycles. The van der Waals surface area contributed by atoms with Crippen LogP contribution in [0, 0.1) is 5.41 Å². The van der Waals surface area contributed by atoms with Gasteiger partial charge in [-0.25, -0.2) is 4.79 Å². The van der Waals surface area contributed by atoms with Gasteiger partial charge >= 0.3 is 6.09 Å². The highest BCUT2D eigenvalue weighted by Crippen LogP contribution is 2.21. The molecule has 0 fully saturated rings. The van der Waals surface area contributed by atoms with Crippen LogP contribution < -0.4 is 10.6 Å². The quantitative estimate of drug-likeness (QED) is 0.611. The largest absolute Gasteiger partial charge is 0.465 e. The highest BCUT2D eigenvalue weighted by atomic mass is 16.5. The van der Waals surface area contributed by atoms with Gasteiger partial charge in [0, 0.05) is 19.6 Å². The molecule has 0 aliphatic heterocycles. The van der Waals surface area contributed by atoms with Gasteiger partial charge in [0.2, 0.25) is 5.91 Å². The van der Waals surface area contributed by atoms with E-state index in [1.807, 2.05) is 20.8 Å². The van der Waals surface area contributed by atoms with E-state index in [1.54, 1.807) is 0 Å². The summed E-state index contributed by atoms with van der Waals surface area (Å²) in [4.78, 5) is 22.0. The second-order valence-corrected chi connectivity index (χ2v) is 4.61. The normalized spacial score (nSPS) is 13.0. The zero-order chi connectivity index (χ0) is 12.8. The molecule has 0 radical (unpaired) electrons. The van der Waals surface area contributed by atoms with Gasteiger partial charge in [-0.3, -0.25) is 4.79 Å². The summed E-state index contributed by atoms with van der Waals surface area (Å²) in [7, 11) is 1.47. The van der Waals surface area contributed by atoms with E-state index in [2.05, 4.69) is 10.6 Å². The summed E-state index contributed by atoms with van der Waals surface area (Å²) in [5.74, 6) is -0.240. The van der Waals surface area contributed by atoms with Crippen LogP contribution in [0.3, 0.4) is 0 Å². The highest BCUT2D eigenvalue weighted by molar-refractivity contribution is 5.77. The van der Waals surface area contributed by atoms with Crippen LogP contribution in [0.25, 0.3) is 0 Å². The zero-order valence-electron chi connectivity index (χ0n) is 10.2. The van der Waals surface area contributed by atoms with E-state index in [1.165, 1.54) is 7.11 Å². The van der Waals surface area contributed by atoms with Crippen LogP contribution in [0.2, 0.25) is 0 Å². The van der Waals surface area contributed by atoms with E-state index >= 15 is 0 Å². The van der Waals surface area contributed by atoms with Crippen molar-refractivity contribution in [2.75, 3.05) is 13.8 Å². The maximum atomic E-state index is 11.4. The number of rotatable bonds is 5. The fourth-order valence-electron chi connectivity index (χ4n) is 1.13. The molecule has 6 heteroatoms. The summed E-state index contributed by atoms with van der Waals surface area (Å²) in [6.07, 6.45) is -1.03. The van der Waals surface area contributed by atoms with Crippen molar-refractivity contribution >= 4 is 12.0 Å². The van der Waals surface area contributed by atoms with Gasteiger partial charge in [-0.15, -0.1) is 0 Å². The van der Waals surface area contributed by atoms with Crippen LogP contribution in [0.1, 0.15) is 27.2 Å². The Bertz CT molecular complexity index is 248. The van der Waals surface area contributed by atoms with Crippen LogP contribution in [-0.4, -0.2) is 37.0 Å². The average Bonchev–Trinajstić information content (AvgIpc) is 2.11. The van der Waals surface area contributed by atoms with Gasteiger partial charge in [-0.1, -0.05) is 20.8 Å². The second-order valence-electron chi connectivity index (χ2n) is 4.61. The van der Waals surface area contributed by atoms with Crippen molar-refractivity contribution in [3.8, 4) is 0 Å². The van der Waals surface area contributed by atoms with E-state index in [-0.39, 0.29) is 24.5 Å². The molecule has 1 atom stereocenters. The van der Waals surface area contributed by atoms with E-state index in [0.717, 1.165) is 0 Å². The third-order valence-corrected chi connectivity index (χ3v) is 2.15. The minimum atomic E-state index is -1.13. The lowest BCUT2D eigenvalue weighted by molar-refractivity contribution is -0.123. The SMILES string of the molecule is COCNC(=O)CC(NC(=O)O)C(C)(C)C. The van der Waals surface area contributed by atoms with Crippen LogP contribution >= 0.6 is 0 Å². The Hall–Kier alpha value is -1.30. The van der Waals surface area contributed by atoms with E-state index in [4.69, 9.17) is 9.84 Å². The number of carbonyl (C=O) groups is 2. The summed E-state index contributed by atoms with van der Waals surface area (Å²) in [5.41, 5.74) is -0.317. The fraction of sp³-hybridized carbons (Fsp3) is 0.800. The molecule has 16 heavy (non-hydrogen) atoms. The van der Waals surface area contributed by atoms with Crippen LogP contribution in [-0.2, 0) is 9.53 Å². The topological polar surface area (TPSA) is 87.7 Å². The molecule has 94 valence electrons. The summed E-state index contributed by atoms with van der Waals surface area (Å²) in [5, 5.41) is 13.5. The Morgan fingerprint density at radius 1 is 1.38 bits per heavy atom. The molecule has 0 heterocycles. The molecule has 0 aliphatic rings. The molecule has 0 spiro atoms. The molecule has 0 saturated carbocycles. The first-order valence-corrected chi connectivity index (χ1v) is 5.02. The maximum absolute atomic E-state index is 11.4. The summed E-state index contributed by atoms with van der Waals surface area (Å²) >= 11 is 0. The molecule has 0 saturated heterocycles. The molecule has 0 aromatic rings. The predicted octanol–water partition coefficient (Wildman–Crippen LogP) is 0.779. The lowest BCUT2D eigenvalue weighted by Crippen LogP contribution is -2.46. The predicted molar refractivity (Wildman–Crippen MR) is 59.0 cm³/mol. The van der Waals surface area contributed by atoms with Crippen molar-refractivity contribution in [1.82, 2.24) is 10.6 Å². The Labute approximate surface area is 95.4 Å². The number of methoxy groups -OCH3 is 1. The molecule has 2 amide bonds. The first-order valence-electron chi connectivity index (χ1n) is 5.02. The third-order valence-electron chi connectivity index (χ3n) is 2.15. The fourth-order valence-corrected chi connectivity index (χ4v) is 1.13. The monoisotopic (exact) mass is 232 g/mol. The van der Waals surface area contributed by atoms with Crippen molar-refractivity contribution in [1.29, 1.82) is 0 Å². The highest BCUT2D eigenvalue weighted by Gasteiger charge is 2.28. The van der Waals surface area contributed by atoms with Crippen molar-refractivity contribution < 1.29 is 19.4 Å². The first kappa shape index (κ1) is 14.7. The number of carbonyl (C=O) groups excluding carboxylic acids is 1. The Balaban J connectivity index is 4.32. The van der Waals surface area contributed by atoms with Crippen molar-refractivity contribution in [3.63, 3.8) is 0 Å². The molecule has 1 unspecified atom stereocenters. The Morgan fingerprint density at radius 2 is 1.94 bits per heavy atom. The molecule has 3 N–H and O–H groups in total. The number of carboxylic acid groups (broad SMARTS) is 1. The van der Waals surface area contributed by atoms with E-state index in [0.29, 0.717) is 0 Å². The summed E-state index contributed by atoms with van der Waals surface area (Å²) in [6.45, 7) is 5.74. The number of amides is 2. The molecule has 0 bridgehead atoms. The smallest absolute Gasteiger partial charge is 0.404 e. The van der Waals surface area contributed by atoms with E-state index < -0.39 is 12.1 Å². The van der Waals surface area contributed by atoms with Gasteiger partial charge in [-0.05, 0) is 5.41 Å². The number of hydrogen-bond acceptors (Lipinski definition) is 3. The van der Waals surface area contributed by atoms with Crippen LogP contribution in [0.15, 0.2) is 0 Å². The standard InChI is InChI=1S/C10H20N2O4/c1-10(2,3)7(12-9(14)15)5-8(13)11-6-16-4/h7,12H,5-6H2,1-4H3,(H,11,13)(H,14,15). The van der Waals surface area contributed by atoms with Crippen molar-refractivity contribution in [2.45, 2.75) is 33.2 Å². The average molecular weight is 232 g/mol. The molecular weight excluding hydrogens is 212 g/mol. The van der Waals surface area contributed by atoms with Gasteiger partial charge < -0.3 is 20.5 Å². The minimum absolute atomic E-state index is 0.0964. The molecule has 6 nitrogen and oxygen atoms in total. The van der Waals surface area contributed by atoms with Crippen molar-refractivity contribution in [3.05, 3.63) is 0 Å². The van der Waals surface area contributed by atoms with Crippen LogP contribution in [0.4, 0.5) is 4.79 Å². The summed E-state index contributed by atoms with van der Waals surface area (Å²) in [6, 6.07) is -0.429. The van der Waals surface area contributed by atoms with Gasteiger partial charge in [0.05, 0.1) is 0 Å². The van der Waals surface area contributed by atoms with E-state index in [9.17, 15) is 9.59 Å². The third kappa shape index (κ3) is 6.23. The molecule has 0 aromatic carbocycles. The Kier molecular flexibility index (Phi) is 5.81. The maximum Gasteiger partial charge on any atom is 0.404 e. The van der Waals surface area contributed by atoms with Gasteiger partial charge in [-0.2, -0.15) is 0 Å².